The molecule has 0 aliphatic carbocycles. The Kier molecular flexibility index (Phi) is 5.19. The van der Waals surface area contributed by atoms with Crippen molar-refractivity contribution in [3.8, 4) is 0 Å². The molecule has 1 aromatic carbocycles. The molecule has 0 bridgehead atoms. The molecule has 106 valence electrons. The lowest BCUT2D eigenvalue weighted by molar-refractivity contribution is 0.311. The molecule has 3 N–H and O–H groups in total. The summed E-state index contributed by atoms with van der Waals surface area (Å²) in [6.07, 6.45) is 0. The maximum atomic E-state index is 12.4. The van der Waals surface area contributed by atoms with E-state index in [0.717, 1.165) is 4.31 Å². The maximum absolute atomic E-state index is 12.4. The lowest BCUT2D eigenvalue weighted by atomic mass is 10.3. The van der Waals surface area contributed by atoms with Crippen LogP contribution in [-0.4, -0.2) is 36.9 Å². The Bertz CT molecular complexity index is 606. The summed E-state index contributed by atoms with van der Waals surface area (Å²) in [6, 6.07) is 3.64. The second-order valence-electron chi connectivity index (χ2n) is 3.80. The van der Waals surface area contributed by atoms with E-state index >= 15 is 0 Å². The molecule has 1 rings (SSSR count). The largest absolute Gasteiger partial charge is 0.409 e. The van der Waals surface area contributed by atoms with Gasteiger partial charge in [0.1, 0.15) is 4.90 Å². The third-order valence-corrected chi connectivity index (χ3v) is 5.54. The lowest BCUT2D eigenvalue weighted by Crippen LogP contribution is -2.43. The summed E-state index contributed by atoms with van der Waals surface area (Å²) in [7, 11) is -2.50. The van der Waals surface area contributed by atoms with Crippen molar-refractivity contribution in [3.05, 3.63) is 27.7 Å². The number of rotatable bonds is 4. The van der Waals surface area contributed by atoms with Crippen molar-refractivity contribution in [1.82, 2.24) is 4.31 Å². The van der Waals surface area contributed by atoms with E-state index in [1.165, 1.54) is 26.1 Å². The molecule has 1 aromatic rings. The first-order chi connectivity index (χ1) is 8.71. The Morgan fingerprint density at radius 3 is 2.63 bits per heavy atom. The van der Waals surface area contributed by atoms with E-state index in [1.807, 2.05) is 0 Å². The molecule has 9 heteroatoms. The van der Waals surface area contributed by atoms with Crippen LogP contribution in [0.15, 0.2) is 32.7 Å². The number of likely N-dealkylation sites (N-methyl/N-ethyl adjacent to an activating group) is 1. The van der Waals surface area contributed by atoms with Crippen LogP contribution >= 0.6 is 27.5 Å². The summed E-state index contributed by atoms with van der Waals surface area (Å²) in [5.74, 6) is -0.209. The minimum absolute atomic E-state index is 0.0440. The molecule has 0 aromatic heterocycles. The lowest BCUT2D eigenvalue weighted by Gasteiger charge is -2.23. The van der Waals surface area contributed by atoms with Gasteiger partial charge in [0.25, 0.3) is 0 Å². The van der Waals surface area contributed by atoms with Crippen molar-refractivity contribution in [1.29, 1.82) is 0 Å². The number of sulfonamides is 1. The smallest absolute Gasteiger partial charge is 0.244 e. The van der Waals surface area contributed by atoms with Crippen LogP contribution in [0.1, 0.15) is 6.92 Å². The van der Waals surface area contributed by atoms with E-state index in [4.69, 9.17) is 22.5 Å². The van der Waals surface area contributed by atoms with Crippen molar-refractivity contribution in [2.75, 3.05) is 7.05 Å². The molecule has 0 aliphatic rings. The molecule has 0 amide bonds. The van der Waals surface area contributed by atoms with Gasteiger partial charge in [0, 0.05) is 11.5 Å². The van der Waals surface area contributed by atoms with Crippen LogP contribution in [0.25, 0.3) is 0 Å². The minimum atomic E-state index is -3.83. The fourth-order valence-corrected chi connectivity index (χ4v) is 3.66. The number of nitrogens with two attached hydrogens (primary N) is 1. The average Bonchev–Trinajstić information content (AvgIpc) is 2.35. The van der Waals surface area contributed by atoms with E-state index in [1.54, 1.807) is 6.07 Å². The number of oxime groups is 1. The molecule has 0 heterocycles. The number of hydrogen-bond donors (Lipinski definition) is 2. The highest BCUT2D eigenvalue weighted by atomic mass is 79.9. The Morgan fingerprint density at radius 2 is 2.16 bits per heavy atom. The fraction of sp³-hybridized carbons (Fsp3) is 0.300. The van der Waals surface area contributed by atoms with Crippen LogP contribution in [-0.2, 0) is 10.0 Å². The molecule has 19 heavy (non-hydrogen) atoms. The van der Waals surface area contributed by atoms with E-state index < -0.39 is 16.1 Å². The Labute approximate surface area is 125 Å². The van der Waals surface area contributed by atoms with E-state index in [2.05, 4.69) is 21.1 Å². The quantitative estimate of drug-likeness (QED) is 0.366. The Hall–Kier alpha value is -0.830. The zero-order valence-corrected chi connectivity index (χ0v) is 13.4. The molecule has 0 aliphatic heterocycles. The SMILES string of the molecule is CC(C(N)=NO)N(C)S(=O)(=O)c1ccc(Br)cc1Cl. The van der Waals surface area contributed by atoms with E-state index in [0.29, 0.717) is 4.47 Å². The molecule has 0 spiro atoms. The monoisotopic (exact) mass is 369 g/mol. The second-order valence-corrected chi connectivity index (χ2v) is 7.09. The molecular weight excluding hydrogens is 358 g/mol. The highest BCUT2D eigenvalue weighted by Crippen LogP contribution is 2.27. The third kappa shape index (κ3) is 3.38. The van der Waals surface area contributed by atoms with Gasteiger partial charge in [-0.05, 0) is 25.1 Å². The minimum Gasteiger partial charge on any atom is -0.409 e. The van der Waals surface area contributed by atoms with Crippen molar-refractivity contribution < 1.29 is 13.6 Å². The van der Waals surface area contributed by atoms with Crippen molar-refractivity contribution >= 4 is 43.4 Å². The summed E-state index contributed by atoms with van der Waals surface area (Å²) in [6.45, 7) is 1.50. The summed E-state index contributed by atoms with van der Waals surface area (Å²) < 4.78 is 26.4. The van der Waals surface area contributed by atoms with Crippen molar-refractivity contribution in [2.45, 2.75) is 17.9 Å². The van der Waals surface area contributed by atoms with Gasteiger partial charge in [-0.2, -0.15) is 4.31 Å². The number of amidine groups is 1. The van der Waals surface area contributed by atoms with Crippen molar-refractivity contribution in [2.24, 2.45) is 10.9 Å². The van der Waals surface area contributed by atoms with E-state index in [9.17, 15) is 8.42 Å². The van der Waals surface area contributed by atoms with Gasteiger partial charge in [-0.1, -0.05) is 32.7 Å². The van der Waals surface area contributed by atoms with Crippen LogP contribution < -0.4 is 5.73 Å². The predicted molar refractivity (Wildman–Crippen MR) is 77.0 cm³/mol. The third-order valence-electron chi connectivity index (χ3n) is 2.64. The fourth-order valence-electron chi connectivity index (χ4n) is 1.32. The maximum Gasteiger partial charge on any atom is 0.244 e. The van der Waals surface area contributed by atoms with Gasteiger partial charge in [-0.25, -0.2) is 8.42 Å². The van der Waals surface area contributed by atoms with E-state index in [-0.39, 0.29) is 15.8 Å². The molecular formula is C10H13BrClN3O3S. The van der Waals surface area contributed by atoms with Gasteiger partial charge in [0.05, 0.1) is 11.1 Å². The Morgan fingerprint density at radius 1 is 1.58 bits per heavy atom. The summed E-state index contributed by atoms with van der Waals surface area (Å²) in [5, 5.41) is 11.5. The summed E-state index contributed by atoms with van der Waals surface area (Å²) in [5.41, 5.74) is 5.41. The summed E-state index contributed by atoms with van der Waals surface area (Å²) in [4.78, 5) is -0.0440. The standard InChI is InChI=1S/C10H13BrClN3O3S/c1-6(10(13)14-16)15(2)19(17,18)9-4-3-7(11)5-8(9)12/h3-6,16H,1-2H3,(H2,13,14). The topological polar surface area (TPSA) is 96.0 Å². The van der Waals surface area contributed by atoms with Gasteiger partial charge < -0.3 is 10.9 Å². The molecule has 1 atom stereocenters. The van der Waals surface area contributed by atoms with Gasteiger partial charge in [0.15, 0.2) is 5.84 Å². The van der Waals surface area contributed by atoms with Gasteiger partial charge in [0.2, 0.25) is 10.0 Å². The summed E-state index contributed by atoms with van der Waals surface area (Å²) >= 11 is 9.13. The van der Waals surface area contributed by atoms with Gasteiger partial charge in [-0.15, -0.1) is 0 Å². The highest BCUT2D eigenvalue weighted by Gasteiger charge is 2.29. The van der Waals surface area contributed by atoms with Gasteiger partial charge >= 0.3 is 0 Å². The number of nitrogens with zero attached hydrogens (tertiary/aromatic N) is 2. The molecule has 0 saturated carbocycles. The van der Waals surface area contributed by atoms with Crippen molar-refractivity contribution in [3.63, 3.8) is 0 Å². The average molecular weight is 371 g/mol. The predicted octanol–water partition coefficient (Wildman–Crippen LogP) is 1.86. The van der Waals surface area contributed by atoms with Crippen LogP contribution in [0.5, 0.6) is 0 Å². The van der Waals surface area contributed by atoms with Gasteiger partial charge in [-0.3, -0.25) is 0 Å². The number of benzene rings is 1. The second kappa shape index (κ2) is 6.08. The first-order valence-corrected chi connectivity index (χ1v) is 7.73. The first-order valence-electron chi connectivity index (χ1n) is 5.12. The highest BCUT2D eigenvalue weighted by molar-refractivity contribution is 9.10. The van der Waals surface area contributed by atoms with Crippen LogP contribution in [0.4, 0.5) is 0 Å². The zero-order valence-electron chi connectivity index (χ0n) is 10.2. The molecule has 1 unspecified atom stereocenters. The molecule has 0 radical (unpaired) electrons. The normalized spacial score (nSPS) is 14.7. The molecule has 6 nitrogen and oxygen atoms in total. The van der Waals surface area contributed by atoms with Crippen LogP contribution in [0.3, 0.4) is 0 Å². The molecule has 0 fully saturated rings. The van der Waals surface area contributed by atoms with Crippen LogP contribution in [0, 0.1) is 0 Å². The number of hydrogen-bond acceptors (Lipinski definition) is 4. The first kappa shape index (κ1) is 16.2. The van der Waals surface area contributed by atoms with Crippen LogP contribution in [0.2, 0.25) is 5.02 Å². The molecule has 0 saturated heterocycles. The zero-order chi connectivity index (χ0) is 14.8. The Balaban J connectivity index is 3.24. The number of halogens is 2.